The molecule has 0 atom stereocenters. The van der Waals surface area contributed by atoms with Gasteiger partial charge in [-0.2, -0.15) is 0 Å². The molecule has 1 aromatic carbocycles. The zero-order chi connectivity index (χ0) is 18.4. The van der Waals surface area contributed by atoms with E-state index in [1.165, 1.54) is 36.2 Å². The number of amides is 1. The van der Waals surface area contributed by atoms with Crippen LogP contribution in [-0.4, -0.2) is 28.2 Å². The first-order valence-corrected chi connectivity index (χ1v) is 8.57. The van der Waals surface area contributed by atoms with Gasteiger partial charge in [0, 0.05) is 25.4 Å². The molecule has 0 aliphatic carbocycles. The summed E-state index contributed by atoms with van der Waals surface area (Å²) >= 11 is 1.24. The molecule has 0 fully saturated rings. The summed E-state index contributed by atoms with van der Waals surface area (Å²) in [5.74, 6) is 0.0122. The van der Waals surface area contributed by atoms with E-state index in [2.05, 4.69) is 25.8 Å². The quantitative estimate of drug-likeness (QED) is 0.662. The molecule has 0 aliphatic heterocycles. The van der Waals surface area contributed by atoms with E-state index in [9.17, 15) is 9.18 Å². The number of carbonyl (C=O) groups excluding carboxylic acids is 1. The molecule has 26 heavy (non-hydrogen) atoms. The third-order valence-corrected chi connectivity index (χ3v) is 4.10. The standard InChI is InChI=1S/C17H16FN5O2S/c1-25-9-13-6-11(2-4-14(13)18)7-19-15-5-3-12(8-20-15)16(24)22-17-23-21-10-26-17/h2-6,8,10H,7,9H2,1H3,(H,19,20)(H,22,23,24). The third kappa shape index (κ3) is 4.58. The van der Waals surface area contributed by atoms with Crippen molar-refractivity contribution >= 4 is 28.2 Å². The fourth-order valence-electron chi connectivity index (χ4n) is 2.23. The van der Waals surface area contributed by atoms with Crippen molar-refractivity contribution in [3.05, 3.63) is 64.5 Å². The normalized spacial score (nSPS) is 10.5. The largest absolute Gasteiger partial charge is 0.380 e. The Kier molecular flexibility index (Phi) is 5.82. The first-order chi connectivity index (χ1) is 12.7. The number of anilines is 2. The maximum Gasteiger partial charge on any atom is 0.259 e. The Morgan fingerprint density at radius 2 is 2.19 bits per heavy atom. The number of halogens is 1. The molecule has 0 bridgehead atoms. The molecule has 3 rings (SSSR count). The highest BCUT2D eigenvalue weighted by atomic mass is 32.1. The Morgan fingerprint density at radius 3 is 2.88 bits per heavy atom. The topological polar surface area (TPSA) is 89.0 Å². The van der Waals surface area contributed by atoms with Crippen molar-refractivity contribution in [1.29, 1.82) is 0 Å². The van der Waals surface area contributed by atoms with Gasteiger partial charge in [-0.1, -0.05) is 17.4 Å². The smallest absolute Gasteiger partial charge is 0.259 e. The molecule has 0 saturated carbocycles. The van der Waals surface area contributed by atoms with Crippen LogP contribution in [-0.2, 0) is 17.9 Å². The van der Waals surface area contributed by atoms with Gasteiger partial charge in [0.05, 0.1) is 12.2 Å². The van der Waals surface area contributed by atoms with Crippen molar-refractivity contribution in [2.75, 3.05) is 17.7 Å². The number of nitrogens with zero attached hydrogens (tertiary/aromatic N) is 3. The minimum absolute atomic E-state index is 0.219. The predicted molar refractivity (Wildman–Crippen MR) is 96.5 cm³/mol. The summed E-state index contributed by atoms with van der Waals surface area (Å²) in [6.45, 7) is 0.691. The number of nitrogens with one attached hydrogen (secondary N) is 2. The third-order valence-electron chi connectivity index (χ3n) is 3.49. The fraction of sp³-hybridized carbons (Fsp3) is 0.176. The molecule has 0 saturated heterocycles. The molecule has 2 heterocycles. The monoisotopic (exact) mass is 373 g/mol. The highest BCUT2D eigenvalue weighted by molar-refractivity contribution is 7.13. The molecule has 7 nitrogen and oxygen atoms in total. The van der Waals surface area contributed by atoms with Crippen LogP contribution in [0.15, 0.2) is 42.0 Å². The number of benzene rings is 1. The first kappa shape index (κ1) is 17.9. The van der Waals surface area contributed by atoms with Crippen LogP contribution in [0.4, 0.5) is 15.3 Å². The van der Waals surface area contributed by atoms with E-state index in [1.54, 1.807) is 24.3 Å². The molecule has 2 N–H and O–H groups in total. The maximum absolute atomic E-state index is 13.6. The van der Waals surface area contributed by atoms with Crippen molar-refractivity contribution in [1.82, 2.24) is 15.2 Å². The summed E-state index contributed by atoms with van der Waals surface area (Å²) in [7, 11) is 1.52. The highest BCUT2D eigenvalue weighted by Crippen LogP contribution is 2.14. The number of carbonyl (C=O) groups is 1. The lowest BCUT2D eigenvalue weighted by molar-refractivity contribution is 0.102. The summed E-state index contributed by atoms with van der Waals surface area (Å²) in [4.78, 5) is 16.3. The summed E-state index contributed by atoms with van der Waals surface area (Å²) in [6, 6.07) is 8.22. The molecular formula is C17H16FN5O2S. The number of aromatic nitrogens is 3. The first-order valence-electron chi connectivity index (χ1n) is 7.69. The number of hydrogen-bond acceptors (Lipinski definition) is 7. The van der Waals surface area contributed by atoms with E-state index in [1.807, 2.05) is 0 Å². The summed E-state index contributed by atoms with van der Waals surface area (Å²) in [6.07, 6.45) is 1.47. The number of ether oxygens (including phenoxy) is 1. The molecule has 1 amide bonds. The average molecular weight is 373 g/mol. The van der Waals surface area contributed by atoms with Gasteiger partial charge in [-0.15, -0.1) is 10.2 Å². The lowest BCUT2D eigenvalue weighted by Crippen LogP contribution is -2.12. The van der Waals surface area contributed by atoms with Crippen molar-refractivity contribution < 1.29 is 13.9 Å². The molecule has 134 valence electrons. The minimum Gasteiger partial charge on any atom is -0.380 e. The van der Waals surface area contributed by atoms with Gasteiger partial charge in [-0.25, -0.2) is 9.37 Å². The van der Waals surface area contributed by atoms with E-state index in [0.29, 0.717) is 28.6 Å². The molecular weight excluding hydrogens is 357 g/mol. The summed E-state index contributed by atoms with van der Waals surface area (Å²) in [5, 5.41) is 13.6. The molecule has 0 unspecified atom stereocenters. The molecule has 0 spiro atoms. The fourth-order valence-corrected chi connectivity index (χ4v) is 2.67. The molecule has 2 aromatic heterocycles. The Labute approximate surface area is 153 Å². The van der Waals surface area contributed by atoms with Crippen LogP contribution >= 0.6 is 11.3 Å². The second-order valence-electron chi connectivity index (χ2n) is 5.34. The highest BCUT2D eigenvalue weighted by Gasteiger charge is 2.09. The van der Waals surface area contributed by atoms with Crippen LogP contribution in [0.1, 0.15) is 21.5 Å². The second kappa shape index (κ2) is 8.45. The van der Waals surface area contributed by atoms with E-state index in [-0.39, 0.29) is 18.3 Å². The van der Waals surface area contributed by atoms with E-state index >= 15 is 0 Å². The summed E-state index contributed by atoms with van der Waals surface area (Å²) in [5.41, 5.74) is 3.35. The van der Waals surface area contributed by atoms with Gasteiger partial charge in [-0.3, -0.25) is 10.1 Å². The van der Waals surface area contributed by atoms with Crippen LogP contribution in [0.25, 0.3) is 0 Å². The van der Waals surface area contributed by atoms with Crippen molar-refractivity contribution in [2.45, 2.75) is 13.2 Å². The molecule has 0 radical (unpaired) electrons. The van der Waals surface area contributed by atoms with Gasteiger partial charge in [0.1, 0.15) is 17.1 Å². The van der Waals surface area contributed by atoms with Gasteiger partial charge < -0.3 is 10.1 Å². The average Bonchev–Trinajstić information content (AvgIpc) is 3.16. The van der Waals surface area contributed by atoms with E-state index in [4.69, 9.17) is 4.74 Å². The van der Waals surface area contributed by atoms with Gasteiger partial charge in [0.15, 0.2) is 0 Å². The van der Waals surface area contributed by atoms with Crippen LogP contribution in [0.5, 0.6) is 0 Å². The number of pyridine rings is 1. The van der Waals surface area contributed by atoms with Gasteiger partial charge in [0.25, 0.3) is 5.91 Å². The number of hydrogen-bond donors (Lipinski definition) is 2. The van der Waals surface area contributed by atoms with Crippen LogP contribution in [0.3, 0.4) is 0 Å². The maximum atomic E-state index is 13.6. The van der Waals surface area contributed by atoms with Crippen molar-refractivity contribution in [3.8, 4) is 0 Å². The Balaban J connectivity index is 1.59. The summed E-state index contributed by atoms with van der Waals surface area (Å²) < 4.78 is 18.6. The van der Waals surface area contributed by atoms with Crippen LogP contribution in [0.2, 0.25) is 0 Å². The Morgan fingerprint density at radius 1 is 1.31 bits per heavy atom. The van der Waals surface area contributed by atoms with Crippen molar-refractivity contribution in [2.24, 2.45) is 0 Å². The van der Waals surface area contributed by atoms with Crippen LogP contribution in [0, 0.1) is 5.82 Å². The SMILES string of the molecule is COCc1cc(CNc2ccc(C(=O)Nc3nncs3)cn2)ccc1F. The molecule has 9 heteroatoms. The van der Waals surface area contributed by atoms with E-state index in [0.717, 1.165) is 5.56 Å². The second-order valence-corrected chi connectivity index (χ2v) is 6.18. The lowest BCUT2D eigenvalue weighted by Gasteiger charge is -2.09. The minimum atomic E-state index is -0.302. The lowest BCUT2D eigenvalue weighted by atomic mass is 10.1. The number of methoxy groups -OCH3 is 1. The Bertz CT molecular complexity index is 871. The molecule has 0 aliphatic rings. The number of rotatable bonds is 7. The van der Waals surface area contributed by atoms with Gasteiger partial charge in [0.2, 0.25) is 5.13 Å². The zero-order valence-electron chi connectivity index (χ0n) is 13.9. The van der Waals surface area contributed by atoms with E-state index < -0.39 is 0 Å². The van der Waals surface area contributed by atoms with Gasteiger partial charge in [-0.05, 0) is 29.8 Å². The van der Waals surface area contributed by atoms with Crippen LogP contribution < -0.4 is 10.6 Å². The zero-order valence-corrected chi connectivity index (χ0v) is 14.7. The van der Waals surface area contributed by atoms with Gasteiger partial charge >= 0.3 is 0 Å². The molecule has 3 aromatic rings. The van der Waals surface area contributed by atoms with Crippen molar-refractivity contribution in [3.63, 3.8) is 0 Å². The Hall–Kier alpha value is -2.91. The predicted octanol–water partition coefficient (Wildman–Crippen LogP) is 3.08.